The van der Waals surface area contributed by atoms with E-state index in [1.165, 1.54) is 19.2 Å². The summed E-state index contributed by atoms with van der Waals surface area (Å²) in [5.41, 5.74) is 8.24. The first-order chi connectivity index (χ1) is 12.8. The Labute approximate surface area is 157 Å². The number of unbranched alkanes of at least 4 members (excludes halogenated alkanes) is 1. The van der Waals surface area contributed by atoms with Crippen LogP contribution in [0.25, 0.3) is 11.1 Å². The molecule has 2 aromatic carbocycles. The van der Waals surface area contributed by atoms with Crippen molar-refractivity contribution in [3.63, 3.8) is 0 Å². The third-order valence-corrected chi connectivity index (χ3v) is 4.32. The van der Waals surface area contributed by atoms with Gasteiger partial charge in [0.05, 0.1) is 23.3 Å². The van der Waals surface area contributed by atoms with E-state index in [-0.39, 0.29) is 47.1 Å². The average Bonchev–Trinajstić information content (AvgIpc) is 2.65. The summed E-state index contributed by atoms with van der Waals surface area (Å²) in [6.45, 7) is 1.91. The molecule has 0 saturated heterocycles. The Bertz CT molecular complexity index is 859. The monoisotopic (exact) mass is 370 g/mol. The SMILES string of the molecule is COC(=O)CCCCC(=O)c1ccc([N+](=O)[O-])c(-c2ccc(C)cc2)c1N. The van der Waals surface area contributed by atoms with E-state index in [1.807, 2.05) is 19.1 Å². The van der Waals surface area contributed by atoms with Crippen LogP contribution in [0.1, 0.15) is 41.6 Å². The molecule has 2 aromatic rings. The van der Waals surface area contributed by atoms with Gasteiger partial charge in [0.2, 0.25) is 0 Å². The zero-order chi connectivity index (χ0) is 20.0. The number of rotatable bonds is 8. The summed E-state index contributed by atoms with van der Waals surface area (Å²) in [6, 6.07) is 9.87. The highest BCUT2D eigenvalue weighted by Crippen LogP contribution is 2.37. The van der Waals surface area contributed by atoms with Crippen LogP contribution in [0.4, 0.5) is 11.4 Å². The predicted molar refractivity (Wildman–Crippen MR) is 102 cm³/mol. The minimum absolute atomic E-state index is 0.103. The first-order valence-corrected chi connectivity index (χ1v) is 8.59. The lowest BCUT2D eigenvalue weighted by Crippen LogP contribution is -2.07. The number of aryl methyl sites for hydroxylation is 1. The van der Waals surface area contributed by atoms with Crippen molar-refractivity contribution in [3.05, 3.63) is 57.6 Å². The molecule has 0 spiro atoms. The summed E-state index contributed by atoms with van der Waals surface area (Å²) in [7, 11) is 1.32. The van der Waals surface area contributed by atoms with Gasteiger partial charge in [0.15, 0.2) is 5.78 Å². The van der Waals surface area contributed by atoms with Crippen LogP contribution in [0.2, 0.25) is 0 Å². The highest BCUT2D eigenvalue weighted by atomic mass is 16.6. The number of nitro groups is 1. The summed E-state index contributed by atoms with van der Waals surface area (Å²) < 4.78 is 4.56. The van der Waals surface area contributed by atoms with E-state index in [1.54, 1.807) is 12.1 Å². The van der Waals surface area contributed by atoms with Gasteiger partial charge in [0.1, 0.15) is 0 Å². The largest absolute Gasteiger partial charge is 0.469 e. The minimum Gasteiger partial charge on any atom is -0.469 e. The molecule has 0 bridgehead atoms. The van der Waals surface area contributed by atoms with Crippen molar-refractivity contribution in [1.29, 1.82) is 0 Å². The van der Waals surface area contributed by atoms with E-state index in [0.717, 1.165) is 5.56 Å². The lowest BCUT2D eigenvalue weighted by Gasteiger charge is -2.12. The smallest absolute Gasteiger partial charge is 0.305 e. The highest BCUT2D eigenvalue weighted by molar-refractivity contribution is 6.05. The van der Waals surface area contributed by atoms with Crippen molar-refractivity contribution in [2.24, 2.45) is 0 Å². The second-order valence-electron chi connectivity index (χ2n) is 6.25. The molecular formula is C20H22N2O5. The maximum absolute atomic E-state index is 12.5. The van der Waals surface area contributed by atoms with Gasteiger partial charge >= 0.3 is 5.97 Å². The molecule has 0 atom stereocenters. The van der Waals surface area contributed by atoms with Crippen LogP contribution in [-0.4, -0.2) is 23.8 Å². The highest BCUT2D eigenvalue weighted by Gasteiger charge is 2.23. The number of methoxy groups -OCH3 is 1. The summed E-state index contributed by atoms with van der Waals surface area (Å²) >= 11 is 0. The number of carbonyl (C=O) groups is 2. The Morgan fingerprint density at radius 1 is 1.07 bits per heavy atom. The predicted octanol–water partition coefficient (Wildman–Crippen LogP) is 4.07. The van der Waals surface area contributed by atoms with Crippen LogP contribution in [0, 0.1) is 17.0 Å². The second kappa shape index (κ2) is 8.93. The molecule has 0 unspecified atom stereocenters. The molecular weight excluding hydrogens is 348 g/mol. The van der Waals surface area contributed by atoms with E-state index in [2.05, 4.69) is 4.74 Å². The Balaban J connectivity index is 2.29. The number of nitrogen functional groups attached to an aromatic ring is 1. The van der Waals surface area contributed by atoms with Gasteiger partial charge in [0, 0.05) is 24.5 Å². The van der Waals surface area contributed by atoms with Gasteiger partial charge in [-0.3, -0.25) is 19.7 Å². The molecule has 0 heterocycles. The van der Waals surface area contributed by atoms with Gasteiger partial charge in [-0.25, -0.2) is 0 Å². The number of nitrogens with zero attached hydrogens (tertiary/aromatic N) is 1. The summed E-state index contributed by atoms with van der Waals surface area (Å²) in [6.07, 6.45) is 1.47. The molecule has 0 aliphatic rings. The third kappa shape index (κ3) is 4.91. The normalized spacial score (nSPS) is 10.4. The van der Waals surface area contributed by atoms with E-state index < -0.39 is 4.92 Å². The number of ketones is 1. The molecule has 27 heavy (non-hydrogen) atoms. The lowest BCUT2D eigenvalue weighted by molar-refractivity contribution is -0.384. The number of nitro benzene ring substituents is 1. The molecule has 2 N–H and O–H groups in total. The molecule has 0 amide bonds. The Hall–Kier alpha value is -3.22. The van der Waals surface area contributed by atoms with Gasteiger partial charge in [-0.1, -0.05) is 29.8 Å². The summed E-state index contributed by atoms with van der Waals surface area (Å²) in [5, 5.41) is 11.4. The molecule has 2 rings (SSSR count). The van der Waals surface area contributed by atoms with Crippen molar-refractivity contribution >= 4 is 23.1 Å². The summed E-state index contributed by atoms with van der Waals surface area (Å²) in [4.78, 5) is 34.6. The van der Waals surface area contributed by atoms with Crippen molar-refractivity contribution in [1.82, 2.24) is 0 Å². The number of Topliss-reactive ketones (excluding diaryl/α,β-unsaturated/α-hetero) is 1. The number of benzene rings is 2. The van der Waals surface area contributed by atoms with E-state index >= 15 is 0 Å². The zero-order valence-electron chi connectivity index (χ0n) is 15.4. The fourth-order valence-corrected chi connectivity index (χ4v) is 2.82. The van der Waals surface area contributed by atoms with Gasteiger partial charge in [-0.15, -0.1) is 0 Å². The molecule has 0 aliphatic carbocycles. The minimum atomic E-state index is -0.504. The number of ether oxygens (including phenoxy) is 1. The number of hydrogen-bond acceptors (Lipinski definition) is 6. The van der Waals surface area contributed by atoms with Gasteiger partial charge in [0.25, 0.3) is 5.69 Å². The number of esters is 1. The van der Waals surface area contributed by atoms with Gasteiger partial charge in [-0.05, 0) is 31.4 Å². The Morgan fingerprint density at radius 3 is 2.30 bits per heavy atom. The van der Waals surface area contributed by atoms with Crippen LogP contribution >= 0.6 is 0 Å². The van der Waals surface area contributed by atoms with Crippen molar-refractivity contribution in [2.75, 3.05) is 12.8 Å². The fraction of sp³-hybridized carbons (Fsp3) is 0.300. The molecule has 0 saturated carbocycles. The quantitative estimate of drug-likeness (QED) is 0.187. The van der Waals surface area contributed by atoms with E-state index in [4.69, 9.17) is 5.73 Å². The molecule has 142 valence electrons. The van der Waals surface area contributed by atoms with Crippen molar-refractivity contribution in [2.45, 2.75) is 32.6 Å². The Morgan fingerprint density at radius 2 is 1.70 bits per heavy atom. The van der Waals surface area contributed by atoms with E-state index in [9.17, 15) is 19.7 Å². The van der Waals surface area contributed by atoms with Crippen LogP contribution in [0.3, 0.4) is 0 Å². The van der Waals surface area contributed by atoms with Gasteiger partial charge in [-0.2, -0.15) is 0 Å². The van der Waals surface area contributed by atoms with Crippen LogP contribution < -0.4 is 5.73 Å². The first-order valence-electron chi connectivity index (χ1n) is 8.59. The average molecular weight is 370 g/mol. The molecule has 0 aliphatic heterocycles. The fourth-order valence-electron chi connectivity index (χ4n) is 2.82. The molecule has 0 radical (unpaired) electrons. The number of carbonyl (C=O) groups excluding carboxylic acids is 2. The number of nitrogens with two attached hydrogens (primary N) is 1. The number of anilines is 1. The van der Waals surface area contributed by atoms with Crippen molar-refractivity contribution in [3.8, 4) is 11.1 Å². The Kier molecular flexibility index (Phi) is 6.65. The molecule has 7 nitrogen and oxygen atoms in total. The topological polar surface area (TPSA) is 113 Å². The first kappa shape index (κ1) is 20.1. The summed E-state index contributed by atoms with van der Waals surface area (Å²) in [5.74, 6) is -0.528. The van der Waals surface area contributed by atoms with Crippen LogP contribution in [0.5, 0.6) is 0 Å². The van der Waals surface area contributed by atoms with E-state index in [0.29, 0.717) is 18.4 Å². The molecule has 0 aromatic heterocycles. The van der Waals surface area contributed by atoms with Crippen molar-refractivity contribution < 1.29 is 19.2 Å². The zero-order valence-corrected chi connectivity index (χ0v) is 15.4. The third-order valence-electron chi connectivity index (χ3n) is 4.32. The molecule has 7 heteroatoms. The molecule has 0 fully saturated rings. The number of hydrogen-bond donors (Lipinski definition) is 1. The maximum Gasteiger partial charge on any atom is 0.305 e. The maximum atomic E-state index is 12.5. The van der Waals surface area contributed by atoms with Crippen LogP contribution in [-0.2, 0) is 9.53 Å². The second-order valence-corrected chi connectivity index (χ2v) is 6.25. The van der Waals surface area contributed by atoms with Gasteiger partial charge < -0.3 is 10.5 Å². The lowest BCUT2D eigenvalue weighted by atomic mass is 9.94. The van der Waals surface area contributed by atoms with Crippen LogP contribution in [0.15, 0.2) is 36.4 Å². The standard InChI is InChI=1S/C20H22N2O5/c1-13-7-9-14(10-8-13)19-16(22(25)26)12-11-15(20(19)21)17(23)5-3-4-6-18(24)27-2/h7-12H,3-6,21H2,1-2H3.